The van der Waals surface area contributed by atoms with Crippen LogP contribution in [0.1, 0.15) is 46.5 Å². The summed E-state index contributed by atoms with van der Waals surface area (Å²) < 4.78 is 0. The summed E-state index contributed by atoms with van der Waals surface area (Å²) in [7, 11) is 0. The summed E-state index contributed by atoms with van der Waals surface area (Å²) in [5.74, 6) is 0.788. The molecule has 1 aliphatic heterocycles. The molecular weight excluding hydrogens is 204 g/mol. The minimum atomic E-state index is 0.360. The topological polar surface area (TPSA) is 24.4 Å². The standard InChI is InChI=1S/C12H22N2S/c1-9(2)7-10-8-13-11(15-10)14-12(3)5-4-6-12/h9-10H,4-8H2,1-3H3,(H,13,14). The molecule has 0 aromatic heterocycles. The van der Waals surface area contributed by atoms with Crippen molar-refractivity contribution < 1.29 is 0 Å². The van der Waals surface area contributed by atoms with Crippen molar-refractivity contribution in [1.29, 1.82) is 0 Å². The largest absolute Gasteiger partial charge is 0.360 e. The normalized spacial score (nSPS) is 28.8. The van der Waals surface area contributed by atoms with Crippen LogP contribution in [0, 0.1) is 5.92 Å². The zero-order valence-electron chi connectivity index (χ0n) is 10.0. The summed E-state index contributed by atoms with van der Waals surface area (Å²) in [5, 5.41) is 5.52. The molecule has 0 saturated heterocycles. The monoisotopic (exact) mass is 226 g/mol. The second kappa shape index (κ2) is 4.36. The molecular formula is C12H22N2S. The molecule has 3 heteroatoms. The lowest BCUT2D eigenvalue weighted by atomic mass is 9.79. The van der Waals surface area contributed by atoms with Gasteiger partial charge in [-0.05, 0) is 38.5 Å². The predicted molar refractivity (Wildman–Crippen MR) is 68.5 cm³/mol. The van der Waals surface area contributed by atoms with Crippen molar-refractivity contribution in [3.8, 4) is 0 Å². The van der Waals surface area contributed by atoms with Crippen LogP contribution in [0.5, 0.6) is 0 Å². The first-order chi connectivity index (χ1) is 7.07. The first-order valence-electron chi connectivity index (χ1n) is 6.07. The summed E-state index contributed by atoms with van der Waals surface area (Å²) in [5.41, 5.74) is 0.360. The first kappa shape index (κ1) is 11.3. The Morgan fingerprint density at radius 1 is 1.53 bits per heavy atom. The molecule has 1 atom stereocenters. The van der Waals surface area contributed by atoms with Gasteiger partial charge in [0.1, 0.15) is 0 Å². The lowest BCUT2D eigenvalue weighted by Crippen LogP contribution is -2.49. The van der Waals surface area contributed by atoms with Gasteiger partial charge in [-0.15, -0.1) is 0 Å². The van der Waals surface area contributed by atoms with Gasteiger partial charge in [-0.25, -0.2) is 0 Å². The highest BCUT2D eigenvalue weighted by Gasteiger charge is 2.34. The lowest BCUT2D eigenvalue weighted by molar-refractivity contribution is 0.245. The van der Waals surface area contributed by atoms with Gasteiger partial charge in [0.15, 0.2) is 5.17 Å². The lowest BCUT2D eigenvalue weighted by Gasteiger charge is -2.39. The van der Waals surface area contributed by atoms with Gasteiger partial charge in [0.25, 0.3) is 0 Å². The van der Waals surface area contributed by atoms with E-state index in [0.717, 1.165) is 17.7 Å². The molecule has 15 heavy (non-hydrogen) atoms. The smallest absolute Gasteiger partial charge is 0.157 e. The van der Waals surface area contributed by atoms with Crippen LogP contribution in [-0.2, 0) is 0 Å². The predicted octanol–water partition coefficient (Wildman–Crippen LogP) is 3.04. The number of hydrogen-bond acceptors (Lipinski definition) is 3. The molecule has 2 aliphatic rings. The van der Waals surface area contributed by atoms with E-state index < -0.39 is 0 Å². The Morgan fingerprint density at radius 3 is 2.80 bits per heavy atom. The third-order valence-corrected chi connectivity index (χ3v) is 4.45. The van der Waals surface area contributed by atoms with Gasteiger partial charge >= 0.3 is 0 Å². The Morgan fingerprint density at radius 2 is 2.27 bits per heavy atom. The van der Waals surface area contributed by atoms with Crippen molar-refractivity contribution in [2.45, 2.75) is 57.2 Å². The minimum absolute atomic E-state index is 0.360. The van der Waals surface area contributed by atoms with E-state index in [4.69, 9.17) is 0 Å². The molecule has 0 aromatic rings. The Balaban J connectivity index is 1.77. The van der Waals surface area contributed by atoms with E-state index in [1.165, 1.54) is 30.9 Å². The number of nitrogens with one attached hydrogen (secondary N) is 1. The molecule has 86 valence electrons. The average Bonchev–Trinajstić information content (AvgIpc) is 2.48. The van der Waals surface area contributed by atoms with E-state index in [1.54, 1.807) is 0 Å². The third kappa shape index (κ3) is 2.90. The summed E-state index contributed by atoms with van der Waals surface area (Å²) in [6.45, 7) is 7.91. The van der Waals surface area contributed by atoms with E-state index in [1.807, 2.05) is 11.8 Å². The van der Waals surface area contributed by atoms with Crippen LogP contribution in [0.4, 0.5) is 0 Å². The van der Waals surface area contributed by atoms with Crippen LogP contribution in [-0.4, -0.2) is 22.5 Å². The van der Waals surface area contributed by atoms with Crippen molar-refractivity contribution in [3.63, 3.8) is 0 Å². The Bertz CT molecular complexity index is 256. The van der Waals surface area contributed by atoms with E-state index in [0.29, 0.717) is 5.54 Å². The molecule has 1 saturated carbocycles. The van der Waals surface area contributed by atoms with Gasteiger partial charge in [0.05, 0.1) is 6.54 Å². The van der Waals surface area contributed by atoms with Crippen LogP contribution in [0.15, 0.2) is 4.99 Å². The summed E-state index contributed by atoms with van der Waals surface area (Å²) in [6.07, 6.45) is 5.27. The van der Waals surface area contributed by atoms with Gasteiger partial charge in [-0.2, -0.15) is 0 Å². The van der Waals surface area contributed by atoms with Crippen molar-refractivity contribution in [2.24, 2.45) is 10.9 Å². The van der Waals surface area contributed by atoms with Crippen LogP contribution in [0.25, 0.3) is 0 Å². The van der Waals surface area contributed by atoms with Crippen LogP contribution < -0.4 is 5.32 Å². The van der Waals surface area contributed by atoms with Gasteiger partial charge in [-0.3, -0.25) is 4.99 Å². The summed E-state index contributed by atoms with van der Waals surface area (Å²) in [4.78, 5) is 4.61. The molecule has 0 amide bonds. The van der Waals surface area contributed by atoms with E-state index in [2.05, 4.69) is 31.1 Å². The molecule has 0 spiro atoms. The van der Waals surface area contributed by atoms with Gasteiger partial charge < -0.3 is 5.32 Å². The molecule has 1 N–H and O–H groups in total. The molecule has 0 bridgehead atoms. The fourth-order valence-electron chi connectivity index (χ4n) is 2.22. The molecule has 0 radical (unpaired) electrons. The number of nitrogens with zero attached hydrogens (tertiary/aromatic N) is 1. The van der Waals surface area contributed by atoms with Gasteiger partial charge in [0.2, 0.25) is 0 Å². The SMILES string of the molecule is CC(C)CC1CN=C(NC2(C)CCC2)S1. The quantitative estimate of drug-likeness (QED) is 0.800. The van der Waals surface area contributed by atoms with E-state index in [-0.39, 0.29) is 0 Å². The zero-order valence-corrected chi connectivity index (χ0v) is 10.9. The minimum Gasteiger partial charge on any atom is -0.360 e. The third-order valence-electron chi connectivity index (χ3n) is 3.32. The Kier molecular flexibility index (Phi) is 3.29. The number of aliphatic imine (C=N–C) groups is 1. The van der Waals surface area contributed by atoms with E-state index >= 15 is 0 Å². The summed E-state index contributed by atoms with van der Waals surface area (Å²) >= 11 is 1.95. The highest BCUT2D eigenvalue weighted by Crippen LogP contribution is 2.34. The fraction of sp³-hybridized carbons (Fsp3) is 0.917. The number of thioether (sulfide) groups is 1. The average molecular weight is 226 g/mol. The van der Waals surface area contributed by atoms with Crippen LogP contribution >= 0.6 is 11.8 Å². The highest BCUT2D eigenvalue weighted by atomic mass is 32.2. The maximum absolute atomic E-state index is 4.61. The molecule has 1 heterocycles. The maximum atomic E-state index is 4.61. The molecule has 1 fully saturated rings. The number of amidine groups is 1. The highest BCUT2D eigenvalue weighted by molar-refractivity contribution is 8.14. The number of hydrogen-bond donors (Lipinski definition) is 1. The Labute approximate surface area is 97.3 Å². The molecule has 1 unspecified atom stereocenters. The van der Waals surface area contributed by atoms with Crippen LogP contribution in [0.2, 0.25) is 0 Å². The second-order valence-corrected chi connectivity index (χ2v) is 6.84. The molecule has 0 aromatic carbocycles. The molecule has 2 rings (SSSR count). The summed E-state index contributed by atoms with van der Waals surface area (Å²) in [6, 6.07) is 0. The second-order valence-electron chi connectivity index (χ2n) is 5.55. The molecule has 2 nitrogen and oxygen atoms in total. The number of rotatable bonds is 3. The van der Waals surface area contributed by atoms with Gasteiger partial charge in [0, 0.05) is 10.8 Å². The zero-order chi connectivity index (χ0) is 10.9. The van der Waals surface area contributed by atoms with Crippen molar-refractivity contribution in [1.82, 2.24) is 5.32 Å². The van der Waals surface area contributed by atoms with Crippen molar-refractivity contribution >= 4 is 16.9 Å². The van der Waals surface area contributed by atoms with Crippen molar-refractivity contribution in [3.05, 3.63) is 0 Å². The van der Waals surface area contributed by atoms with Crippen molar-refractivity contribution in [2.75, 3.05) is 6.54 Å². The van der Waals surface area contributed by atoms with E-state index in [9.17, 15) is 0 Å². The van der Waals surface area contributed by atoms with Gasteiger partial charge in [-0.1, -0.05) is 25.6 Å². The Hall–Kier alpha value is -0.180. The van der Waals surface area contributed by atoms with Crippen LogP contribution in [0.3, 0.4) is 0 Å². The molecule has 1 aliphatic carbocycles. The maximum Gasteiger partial charge on any atom is 0.157 e. The first-order valence-corrected chi connectivity index (χ1v) is 6.95. The fourth-order valence-corrected chi connectivity index (χ4v) is 3.63.